The summed E-state index contributed by atoms with van der Waals surface area (Å²) in [5.41, 5.74) is 1.27. The molecule has 0 bridgehead atoms. The van der Waals surface area contributed by atoms with E-state index < -0.39 is 6.10 Å². The van der Waals surface area contributed by atoms with Crippen LogP contribution in [0, 0.1) is 0 Å². The molecule has 1 amide bonds. The van der Waals surface area contributed by atoms with Crippen molar-refractivity contribution in [2.75, 3.05) is 32.1 Å². The summed E-state index contributed by atoms with van der Waals surface area (Å²) in [7, 11) is 3.92. The minimum absolute atomic E-state index is 0.0218. The minimum Gasteiger partial charge on any atom is -0.479 e. The first-order valence-corrected chi connectivity index (χ1v) is 6.68. The molecule has 0 spiro atoms. The van der Waals surface area contributed by atoms with Crippen LogP contribution >= 0.6 is 0 Å². The number of carbonyl (C=O) groups excluding carboxylic acids is 2. The predicted octanol–water partition coefficient (Wildman–Crippen LogP) is 1.56. The van der Waals surface area contributed by atoms with Gasteiger partial charge in [-0.25, -0.2) is 0 Å². The third-order valence-corrected chi connectivity index (χ3v) is 3.34. The van der Waals surface area contributed by atoms with E-state index in [1.165, 1.54) is 6.92 Å². The number of fused-ring (bicyclic) bond motifs is 1. The number of hydrogen-bond donors (Lipinski definition) is 0. The first-order chi connectivity index (χ1) is 9.40. The molecule has 20 heavy (non-hydrogen) atoms. The molecular formula is C15H20N2O3. The lowest BCUT2D eigenvalue weighted by atomic mass is 10.1. The summed E-state index contributed by atoms with van der Waals surface area (Å²) >= 11 is 0. The summed E-state index contributed by atoms with van der Waals surface area (Å²) in [4.78, 5) is 27.5. The number of carbonyl (C=O) groups is 2. The Morgan fingerprint density at radius 2 is 2.10 bits per heavy atom. The van der Waals surface area contributed by atoms with Crippen LogP contribution in [0.4, 0.5) is 5.69 Å². The van der Waals surface area contributed by atoms with Gasteiger partial charge in [-0.15, -0.1) is 0 Å². The van der Waals surface area contributed by atoms with Crippen molar-refractivity contribution in [1.29, 1.82) is 0 Å². The molecule has 0 fully saturated rings. The van der Waals surface area contributed by atoms with Crippen molar-refractivity contribution in [1.82, 2.24) is 4.90 Å². The summed E-state index contributed by atoms with van der Waals surface area (Å²) in [6, 6.07) is 5.22. The van der Waals surface area contributed by atoms with Crippen LogP contribution in [0.15, 0.2) is 18.2 Å². The molecule has 0 saturated carbocycles. The van der Waals surface area contributed by atoms with Crippen molar-refractivity contribution >= 4 is 17.4 Å². The van der Waals surface area contributed by atoms with Crippen molar-refractivity contribution in [3.05, 3.63) is 23.8 Å². The Hall–Kier alpha value is -1.88. The van der Waals surface area contributed by atoms with E-state index in [4.69, 9.17) is 4.74 Å². The van der Waals surface area contributed by atoms with E-state index >= 15 is 0 Å². The number of rotatable bonds is 4. The highest BCUT2D eigenvalue weighted by Crippen LogP contribution is 2.34. The standard InChI is InChI=1S/C15H20N2O3/c1-10(18)12-5-6-14-13(9-12)17(8-7-16(3)4)15(19)11(2)20-14/h5-6,9,11H,7-8H2,1-4H3. The van der Waals surface area contributed by atoms with E-state index in [1.54, 1.807) is 30.0 Å². The second-order valence-electron chi connectivity index (χ2n) is 5.29. The van der Waals surface area contributed by atoms with Crippen molar-refractivity contribution in [3.8, 4) is 5.75 Å². The molecule has 1 aliphatic heterocycles. The SMILES string of the molecule is CC(=O)c1ccc2c(c1)N(CCN(C)C)C(=O)C(C)O2. The van der Waals surface area contributed by atoms with Crippen LogP contribution in [0.2, 0.25) is 0 Å². The Labute approximate surface area is 119 Å². The van der Waals surface area contributed by atoms with Gasteiger partial charge in [-0.2, -0.15) is 0 Å². The number of Topliss-reactive ketones (excluding diaryl/α,β-unsaturated/α-hetero) is 1. The topological polar surface area (TPSA) is 49.9 Å². The molecule has 5 heteroatoms. The van der Waals surface area contributed by atoms with Gasteiger partial charge in [-0.05, 0) is 46.1 Å². The highest BCUT2D eigenvalue weighted by Gasteiger charge is 2.31. The first-order valence-electron chi connectivity index (χ1n) is 6.68. The average Bonchev–Trinajstić information content (AvgIpc) is 2.38. The second-order valence-corrected chi connectivity index (χ2v) is 5.29. The summed E-state index contributed by atoms with van der Waals surface area (Å²) in [5.74, 6) is 0.562. The van der Waals surface area contributed by atoms with Crippen LogP contribution in [0.5, 0.6) is 5.75 Å². The van der Waals surface area contributed by atoms with Crippen LogP contribution in [0.25, 0.3) is 0 Å². The van der Waals surface area contributed by atoms with Crippen LogP contribution < -0.4 is 9.64 Å². The van der Waals surface area contributed by atoms with Gasteiger partial charge in [0.1, 0.15) is 5.75 Å². The fraction of sp³-hybridized carbons (Fsp3) is 0.467. The Kier molecular flexibility index (Phi) is 4.09. The first kappa shape index (κ1) is 14.5. The van der Waals surface area contributed by atoms with Gasteiger partial charge in [0.05, 0.1) is 5.69 Å². The third kappa shape index (κ3) is 2.82. The van der Waals surface area contributed by atoms with Crippen molar-refractivity contribution in [2.24, 2.45) is 0 Å². The molecule has 2 rings (SSSR count). The Balaban J connectivity index is 2.38. The lowest BCUT2D eigenvalue weighted by Gasteiger charge is -2.33. The van der Waals surface area contributed by atoms with E-state index in [2.05, 4.69) is 0 Å². The molecule has 5 nitrogen and oxygen atoms in total. The Morgan fingerprint density at radius 3 is 2.70 bits per heavy atom. The molecule has 1 aromatic carbocycles. The molecule has 1 aliphatic rings. The fourth-order valence-corrected chi connectivity index (χ4v) is 2.16. The summed E-state index contributed by atoms with van der Waals surface area (Å²) in [5, 5.41) is 0. The number of hydrogen-bond acceptors (Lipinski definition) is 4. The van der Waals surface area contributed by atoms with E-state index in [1.807, 2.05) is 19.0 Å². The molecular weight excluding hydrogens is 256 g/mol. The maximum atomic E-state index is 12.3. The molecule has 0 aliphatic carbocycles. The van der Waals surface area contributed by atoms with Crippen LogP contribution in [-0.4, -0.2) is 49.9 Å². The summed E-state index contributed by atoms with van der Waals surface area (Å²) < 4.78 is 5.60. The highest BCUT2D eigenvalue weighted by molar-refractivity contribution is 6.02. The van der Waals surface area contributed by atoms with E-state index in [0.717, 1.165) is 6.54 Å². The number of ether oxygens (including phenoxy) is 1. The van der Waals surface area contributed by atoms with E-state index in [9.17, 15) is 9.59 Å². The highest BCUT2D eigenvalue weighted by atomic mass is 16.5. The van der Waals surface area contributed by atoms with Gasteiger partial charge in [-0.1, -0.05) is 0 Å². The average molecular weight is 276 g/mol. The van der Waals surface area contributed by atoms with Gasteiger partial charge >= 0.3 is 0 Å². The molecule has 1 aromatic rings. The zero-order chi connectivity index (χ0) is 14.9. The Morgan fingerprint density at radius 1 is 1.40 bits per heavy atom. The lowest BCUT2D eigenvalue weighted by Crippen LogP contribution is -2.46. The number of benzene rings is 1. The molecule has 0 N–H and O–H groups in total. The molecule has 0 aromatic heterocycles. The number of amides is 1. The van der Waals surface area contributed by atoms with E-state index in [0.29, 0.717) is 23.5 Å². The zero-order valence-electron chi connectivity index (χ0n) is 12.3. The molecule has 0 saturated heterocycles. The van der Waals surface area contributed by atoms with Crippen molar-refractivity contribution < 1.29 is 14.3 Å². The molecule has 0 radical (unpaired) electrons. The smallest absolute Gasteiger partial charge is 0.267 e. The third-order valence-electron chi connectivity index (χ3n) is 3.34. The monoisotopic (exact) mass is 276 g/mol. The maximum absolute atomic E-state index is 12.3. The largest absolute Gasteiger partial charge is 0.479 e. The van der Waals surface area contributed by atoms with Crippen LogP contribution in [-0.2, 0) is 4.79 Å². The number of nitrogens with zero attached hydrogens (tertiary/aromatic N) is 2. The lowest BCUT2D eigenvalue weighted by molar-refractivity contribution is -0.125. The molecule has 108 valence electrons. The number of likely N-dealkylation sites (N-methyl/N-ethyl adjacent to an activating group) is 1. The normalized spacial score (nSPS) is 17.9. The number of ketones is 1. The van der Waals surface area contributed by atoms with Crippen molar-refractivity contribution in [3.63, 3.8) is 0 Å². The second kappa shape index (κ2) is 5.63. The molecule has 1 heterocycles. The molecule has 1 unspecified atom stereocenters. The van der Waals surface area contributed by atoms with Gasteiger partial charge in [0, 0.05) is 18.7 Å². The quantitative estimate of drug-likeness (QED) is 0.783. The predicted molar refractivity (Wildman–Crippen MR) is 77.4 cm³/mol. The zero-order valence-corrected chi connectivity index (χ0v) is 12.3. The van der Waals surface area contributed by atoms with Crippen LogP contribution in [0.1, 0.15) is 24.2 Å². The van der Waals surface area contributed by atoms with E-state index in [-0.39, 0.29) is 11.7 Å². The van der Waals surface area contributed by atoms with Crippen LogP contribution in [0.3, 0.4) is 0 Å². The van der Waals surface area contributed by atoms with Gasteiger partial charge < -0.3 is 14.5 Å². The van der Waals surface area contributed by atoms with Gasteiger partial charge in [0.25, 0.3) is 5.91 Å². The van der Waals surface area contributed by atoms with Gasteiger partial charge in [0.2, 0.25) is 0 Å². The van der Waals surface area contributed by atoms with Gasteiger partial charge in [0.15, 0.2) is 11.9 Å². The number of anilines is 1. The summed E-state index contributed by atoms with van der Waals surface area (Å²) in [6.07, 6.45) is -0.493. The fourth-order valence-electron chi connectivity index (χ4n) is 2.16. The van der Waals surface area contributed by atoms with Crippen molar-refractivity contribution in [2.45, 2.75) is 20.0 Å². The minimum atomic E-state index is -0.493. The molecule has 1 atom stereocenters. The van der Waals surface area contributed by atoms with Gasteiger partial charge in [-0.3, -0.25) is 9.59 Å². The summed E-state index contributed by atoms with van der Waals surface area (Å²) in [6.45, 7) is 4.59. The Bertz CT molecular complexity index is 540. The maximum Gasteiger partial charge on any atom is 0.267 e.